The molecule has 4 saturated carbocycles. The Morgan fingerprint density at radius 1 is 1.23 bits per heavy atom. The quantitative estimate of drug-likeness (QED) is 0.656. The average molecular weight is 422 g/mol. The van der Waals surface area contributed by atoms with Gasteiger partial charge in [0.15, 0.2) is 0 Å². The van der Waals surface area contributed by atoms with Gasteiger partial charge in [0.05, 0.1) is 18.1 Å². The van der Waals surface area contributed by atoms with Crippen LogP contribution in [0.25, 0.3) is 5.70 Å². The van der Waals surface area contributed by atoms with E-state index < -0.39 is 5.60 Å². The maximum absolute atomic E-state index is 10.9. The van der Waals surface area contributed by atoms with E-state index in [0.29, 0.717) is 30.4 Å². The topological polar surface area (TPSA) is 71.0 Å². The van der Waals surface area contributed by atoms with Crippen LogP contribution in [0, 0.1) is 17.8 Å². The Hall–Kier alpha value is -2.24. The summed E-state index contributed by atoms with van der Waals surface area (Å²) in [4.78, 5) is 0. The van der Waals surface area contributed by atoms with E-state index >= 15 is 0 Å². The predicted octanol–water partition coefficient (Wildman–Crippen LogP) is 3.49. The third-order valence-electron chi connectivity index (χ3n) is 8.07. The van der Waals surface area contributed by atoms with Crippen molar-refractivity contribution in [2.24, 2.45) is 17.8 Å². The molecule has 5 heteroatoms. The van der Waals surface area contributed by atoms with Gasteiger partial charge in [-0.05, 0) is 91.8 Å². The Bertz CT molecular complexity index is 950. The lowest BCUT2D eigenvalue weighted by molar-refractivity contribution is -0.136. The molecule has 0 amide bonds. The third-order valence-corrected chi connectivity index (χ3v) is 8.07. The number of allylic oxidation sites excluding steroid dienone is 1. The maximum Gasteiger partial charge on any atom is 0.128 e. The molecule has 3 N–H and O–H groups in total. The Morgan fingerprint density at radius 3 is 2.77 bits per heavy atom. The fourth-order valence-corrected chi connectivity index (χ4v) is 7.03. The Balaban J connectivity index is 1.20. The molecule has 1 heterocycles. The molecule has 0 aromatic heterocycles. The molecule has 7 rings (SSSR count). The van der Waals surface area contributed by atoms with Crippen LogP contribution in [-0.4, -0.2) is 41.2 Å². The van der Waals surface area contributed by atoms with Crippen LogP contribution in [-0.2, 0) is 4.74 Å². The van der Waals surface area contributed by atoms with E-state index in [1.807, 2.05) is 18.2 Å². The Morgan fingerprint density at radius 2 is 2.03 bits per heavy atom. The molecule has 164 valence electrons. The van der Waals surface area contributed by atoms with Crippen LogP contribution in [0.1, 0.15) is 49.1 Å². The lowest BCUT2D eigenvalue weighted by Crippen LogP contribution is -2.60. The van der Waals surface area contributed by atoms with Crippen LogP contribution < -0.4 is 10.1 Å². The second kappa shape index (κ2) is 7.14. The molecule has 4 bridgehead atoms. The Kier molecular flexibility index (Phi) is 4.48. The first-order valence-electron chi connectivity index (χ1n) is 11.6. The second-order valence-corrected chi connectivity index (χ2v) is 10.2. The lowest BCUT2D eigenvalue weighted by atomic mass is 9.52. The van der Waals surface area contributed by atoms with Crippen LogP contribution in [0.2, 0.25) is 0 Å². The second-order valence-electron chi connectivity index (χ2n) is 10.2. The first-order chi connectivity index (χ1) is 15.0. The number of hydrogen-bond donors (Lipinski definition) is 3. The zero-order valence-corrected chi connectivity index (χ0v) is 17.8. The van der Waals surface area contributed by atoms with Crippen molar-refractivity contribution in [2.75, 3.05) is 13.2 Å². The van der Waals surface area contributed by atoms with Crippen molar-refractivity contribution in [2.45, 2.75) is 55.8 Å². The summed E-state index contributed by atoms with van der Waals surface area (Å²) in [5.74, 6) is 3.60. The van der Waals surface area contributed by atoms with E-state index in [1.54, 1.807) is 0 Å². The normalized spacial score (nSPS) is 38.8. The van der Waals surface area contributed by atoms with Crippen LogP contribution in [0.15, 0.2) is 48.8 Å². The van der Waals surface area contributed by atoms with E-state index in [9.17, 15) is 5.11 Å². The molecule has 1 aromatic carbocycles. The van der Waals surface area contributed by atoms with Gasteiger partial charge in [-0.1, -0.05) is 6.58 Å². The number of fused-ring (bicyclic) bond motifs is 3. The van der Waals surface area contributed by atoms with Gasteiger partial charge >= 0.3 is 0 Å². The molecule has 1 aliphatic heterocycles. The number of aliphatic hydroxyl groups excluding tert-OH is 1. The molecule has 5 aliphatic carbocycles. The van der Waals surface area contributed by atoms with Gasteiger partial charge < -0.3 is 25.0 Å². The molecular weight excluding hydrogens is 390 g/mol. The van der Waals surface area contributed by atoms with E-state index in [1.165, 1.54) is 12.8 Å². The van der Waals surface area contributed by atoms with Crippen molar-refractivity contribution < 1.29 is 19.7 Å². The Labute approximate surface area is 183 Å². The number of nitrogens with one attached hydrogen (secondary N) is 1. The van der Waals surface area contributed by atoms with Crippen LogP contribution in [0.5, 0.6) is 5.75 Å². The first kappa shape index (κ1) is 19.4. The highest BCUT2D eigenvalue weighted by atomic mass is 16.5. The summed E-state index contributed by atoms with van der Waals surface area (Å²) in [7, 11) is 0. The molecule has 4 unspecified atom stereocenters. The van der Waals surface area contributed by atoms with Crippen LogP contribution in [0.3, 0.4) is 0 Å². The number of hydrogen-bond acceptors (Lipinski definition) is 5. The molecule has 4 fully saturated rings. The molecule has 6 aliphatic rings. The molecule has 0 spiro atoms. The minimum absolute atomic E-state index is 0.00328. The highest BCUT2D eigenvalue weighted by Gasteiger charge is 2.54. The van der Waals surface area contributed by atoms with Gasteiger partial charge in [0.25, 0.3) is 0 Å². The van der Waals surface area contributed by atoms with Crippen molar-refractivity contribution in [1.29, 1.82) is 0 Å². The van der Waals surface area contributed by atoms with E-state index in [2.05, 4.69) is 30.1 Å². The zero-order chi connectivity index (χ0) is 21.2. The number of aliphatic hydroxyl groups is 2. The van der Waals surface area contributed by atoms with E-state index in [0.717, 1.165) is 47.6 Å². The highest BCUT2D eigenvalue weighted by Crippen LogP contribution is 2.56. The first-order valence-corrected chi connectivity index (χ1v) is 11.6. The molecule has 1 aromatic rings. The lowest BCUT2D eigenvalue weighted by Gasteiger charge is -2.58. The zero-order valence-electron chi connectivity index (χ0n) is 17.8. The predicted molar refractivity (Wildman–Crippen MR) is 118 cm³/mol. The smallest absolute Gasteiger partial charge is 0.128 e. The van der Waals surface area contributed by atoms with Crippen molar-refractivity contribution in [3.63, 3.8) is 0 Å². The van der Waals surface area contributed by atoms with Crippen molar-refractivity contribution >= 4 is 5.70 Å². The number of rotatable bonds is 6. The fraction of sp³-hybridized carbons (Fsp3) is 0.538. The summed E-state index contributed by atoms with van der Waals surface area (Å²) in [5, 5.41) is 23.7. The molecule has 0 saturated heterocycles. The van der Waals surface area contributed by atoms with Crippen LogP contribution >= 0.6 is 0 Å². The molecular formula is C26H31NO4. The summed E-state index contributed by atoms with van der Waals surface area (Å²) >= 11 is 0. The summed E-state index contributed by atoms with van der Waals surface area (Å²) in [6, 6.07) is 6.74. The maximum atomic E-state index is 10.9. The van der Waals surface area contributed by atoms with Gasteiger partial charge in [-0.3, -0.25) is 0 Å². The third kappa shape index (κ3) is 3.30. The minimum Gasteiger partial charge on any atom is -0.492 e. The van der Waals surface area contributed by atoms with Gasteiger partial charge in [0, 0.05) is 17.3 Å². The summed E-state index contributed by atoms with van der Waals surface area (Å²) in [6.07, 6.45) is 11.4. The molecule has 4 atom stereocenters. The largest absolute Gasteiger partial charge is 0.492 e. The summed E-state index contributed by atoms with van der Waals surface area (Å²) in [5.41, 5.74) is 2.80. The number of benzene rings is 1. The number of ether oxygens (including phenoxy) is 2. The van der Waals surface area contributed by atoms with Gasteiger partial charge in [-0.25, -0.2) is 0 Å². The average Bonchev–Trinajstić information content (AvgIpc) is 3.10. The summed E-state index contributed by atoms with van der Waals surface area (Å²) in [6.45, 7) is 4.68. The van der Waals surface area contributed by atoms with Gasteiger partial charge in [0.1, 0.15) is 24.2 Å². The molecule has 5 nitrogen and oxygen atoms in total. The standard InChI is InChI=1S/C26H31NO4/c1-15(27-25-18-8-16-9-19(25)14-26(29,12-16)13-18)17-2-4-23-21(10-17)22-11-20(30-7-6-28)3-5-24(22)31-23/h2-5,10-11,16,18-19,22,24-25,27-29H,1,6-9,12-14H2. The fourth-order valence-electron chi connectivity index (χ4n) is 7.03. The SMILES string of the molecule is C=C(NC1C2CC3CC1CC(O)(C3)C2)c1ccc2c(c1)C1C=C(OCCO)C=CC1O2. The van der Waals surface area contributed by atoms with Crippen LogP contribution in [0.4, 0.5) is 0 Å². The molecule has 31 heavy (non-hydrogen) atoms. The minimum atomic E-state index is -0.410. The summed E-state index contributed by atoms with van der Waals surface area (Å²) < 4.78 is 11.7. The van der Waals surface area contributed by atoms with Gasteiger partial charge in [-0.2, -0.15) is 0 Å². The van der Waals surface area contributed by atoms with Gasteiger partial charge in [0.2, 0.25) is 0 Å². The molecule has 0 radical (unpaired) electrons. The van der Waals surface area contributed by atoms with Crippen molar-refractivity contribution in [1.82, 2.24) is 5.32 Å². The highest BCUT2D eigenvalue weighted by molar-refractivity contribution is 5.65. The monoisotopic (exact) mass is 421 g/mol. The van der Waals surface area contributed by atoms with E-state index in [4.69, 9.17) is 14.6 Å². The van der Waals surface area contributed by atoms with Crippen molar-refractivity contribution in [3.05, 3.63) is 59.9 Å². The van der Waals surface area contributed by atoms with Gasteiger partial charge in [-0.15, -0.1) is 0 Å². The van der Waals surface area contributed by atoms with E-state index in [-0.39, 0.29) is 18.6 Å². The van der Waals surface area contributed by atoms with Crippen molar-refractivity contribution in [3.8, 4) is 5.75 Å².